The molecule has 0 radical (unpaired) electrons. The van der Waals surface area contributed by atoms with Crippen molar-refractivity contribution in [2.75, 3.05) is 39.4 Å². The zero-order chi connectivity index (χ0) is 18.7. The third kappa shape index (κ3) is 4.50. The number of carbonyl (C=O) groups is 1. The van der Waals surface area contributed by atoms with E-state index in [4.69, 9.17) is 39.5 Å². The maximum Gasteiger partial charge on any atom is 0.272 e. The van der Waals surface area contributed by atoms with Gasteiger partial charge < -0.3 is 15.0 Å². The van der Waals surface area contributed by atoms with Crippen molar-refractivity contribution in [2.24, 2.45) is 0 Å². The second-order valence-electron chi connectivity index (χ2n) is 6.17. The van der Waals surface area contributed by atoms with Gasteiger partial charge in [0, 0.05) is 10.7 Å². The molecular weight excluding hydrogens is 399 g/mol. The number of quaternary nitrogens is 1. The Morgan fingerprint density at radius 1 is 1.23 bits per heavy atom. The van der Waals surface area contributed by atoms with Crippen molar-refractivity contribution in [2.45, 2.75) is 6.92 Å². The summed E-state index contributed by atoms with van der Waals surface area (Å²) in [4.78, 5) is 13.8. The van der Waals surface area contributed by atoms with E-state index in [1.165, 1.54) is 4.90 Å². The Bertz CT molecular complexity index is 780. The monoisotopic (exact) mass is 417 g/mol. The van der Waals surface area contributed by atoms with E-state index in [0.717, 1.165) is 38.5 Å². The van der Waals surface area contributed by atoms with Crippen LogP contribution in [-0.4, -0.2) is 55.1 Å². The molecule has 0 atom stereocenters. The molecule has 0 unspecified atom stereocenters. The van der Waals surface area contributed by atoms with Crippen molar-refractivity contribution in [3.63, 3.8) is 0 Å². The summed E-state index contributed by atoms with van der Waals surface area (Å²) in [6.45, 7) is 6.77. The van der Waals surface area contributed by atoms with E-state index in [-0.39, 0.29) is 5.91 Å². The van der Waals surface area contributed by atoms with Crippen LogP contribution in [0.15, 0.2) is 18.2 Å². The van der Waals surface area contributed by atoms with Crippen molar-refractivity contribution < 1.29 is 14.4 Å². The van der Waals surface area contributed by atoms with Gasteiger partial charge in [-0.05, 0) is 25.1 Å². The molecule has 9 heteroatoms. The topological polar surface area (TPSA) is 60.6 Å². The number of hydrogen-bond donors (Lipinski definition) is 2. The average Bonchev–Trinajstić information content (AvgIpc) is 2.97. The Hall–Kier alpha value is -1.31. The fraction of sp³-hybridized carbons (Fsp3) is 0.412. The lowest BCUT2D eigenvalue weighted by atomic mass is 10.3. The Balaban J connectivity index is 1.68. The van der Waals surface area contributed by atoms with Crippen LogP contribution in [0.4, 0.5) is 0 Å². The van der Waals surface area contributed by atoms with E-state index in [1.54, 1.807) is 22.9 Å². The van der Waals surface area contributed by atoms with E-state index in [1.807, 2.05) is 6.92 Å². The van der Waals surface area contributed by atoms with Gasteiger partial charge in [-0.3, -0.25) is 4.79 Å². The average molecular weight is 419 g/mol. The number of ether oxygens (including phenoxy) is 1. The number of benzene rings is 1. The first-order chi connectivity index (χ1) is 12.5. The molecular formula is C17H20Cl3N4O2+. The van der Waals surface area contributed by atoms with Crippen LogP contribution in [0.1, 0.15) is 16.2 Å². The van der Waals surface area contributed by atoms with Crippen molar-refractivity contribution >= 4 is 40.7 Å². The third-order valence-corrected chi connectivity index (χ3v) is 5.07. The Labute approximate surface area is 167 Å². The third-order valence-electron chi connectivity index (χ3n) is 4.28. The quantitative estimate of drug-likeness (QED) is 0.778. The smallest absolute Gasteiger partial charge is 0.272 e. The Morgan fingerprint density at radius 2 is 1.88 bits per heavy atom. The van der Waals surface area contributed by atoms with Gasteiger partial charge in [0.15, 0.2) is 5.69 Å². The maximum absolute atomic E-state index is 12.4. The van der Waals surface area contributed by atoms with Crippen LogP contribution in [0.5, 0.6) is 0 Å². The second kappa shape index (κ2) is 8.59. The minimum atomic E-state index is -0.222. The molecule has 2 heterocycles. The van der Waals surface area contributed by atoms with Crippen molar-refractivity contribution in [3.8, 4) is 5.69 Å². The number of amides is 1. The van der Waals surface area contributed by atoms with Gasteiger partial charge in [-0.15, -0.1) is 0 Å². The summed E-state index contributed by atoms with van der Waals surface area (Å²) < 4.78 is 6.89. The molecule has 1 aliphatic rings. The molecule has 0 spiro atoms. The maximum atomic E-state index is 12.4. The van der Waals surface area contributed by atoms with E-state index >= 15 is 0 Å². The number of rotatable bonds is 5. The molecule has 1 saturated heterocycles. The minimum Gasteiger partial charge on any atom is -0.370 e. The number of halogens is 3. The number of aryl methyl sites for hydroxylation is 1. The van der Waals surface area contributed by atoms with Crippen LogP contribution in [0.3, 0.4) is 0 Å². The molecule has 3 rings (SSSR count). The molecule has 0 saturated carbocycles. The van der Waals surface area contributed by atoms with Crippen LogP contribution in [0.2, 0.25) is 15.1 Å². The zero-order valence-electron chi connectivity index (χ0n) is 14.3. The standard InChI is InChI=1S/C17H19Cl3N4O2/c1-11-8-15(17(25)21-2-3-23-4-6-26-7-5-23)22-24(11)16-13(19)9-12(18)10-14(16)20/h8-10H,2-7H2,1H3,(H,21,25)/p+1. The number of nitrogens with one attached hydrogen (secondary N) is 2. The fourth-order valence-electron chi connectivity index (χ4n) is 2.90. The van der Waals surface area contributed by atoms with Crippen molar-refractivity contribution in [3.05, 3.63) is 44.7 Å². The number of aromatic nitrogens is 2. The predicted octanol–water partition coefficient (Wildman–Crippen LogP) is 1.79. The summed E-state index contributed by atoms with van der Waals surface area (Å²) in [6.07, 6.45) is 0. The first-order valence-electron chi connectivity index (χ1n) is 8.37. The molecule has 1 amide bonds. The normalized spacial score (nSPS) is 15.2. The van der Waals surface area contributed by atoms with Gasteiger partial charge in [-0.25, -0.2) is 4.68 Å². The van der Waals surface area contributed by atoms with E-state index in [9.17, 15) is 4.79 Å². The molecule has 1 fully saturated rings. The Morgan fingerprint density at radius 3 is 2.54 bits per heavy atom. The molecule has 140 valence electrons. The van der Waals surface area contributed by atoms with Gasteiger partial charge in [0.25, 0.3) is 5.91 Å². The number of hydrogen-bond acceptors (Lipinski definition) is 3. The molecule has 1 aromatic carbocycles. The number of morpholine rings is 1. The predicted molar refractivity (Wildman–Crippen MR) is 102 cm³/mol. The highest BCUT2D eigenvalue weighted by molar-refractivity contribution is 6.40. The SMILES string of the molecule is Cc1cc(C(=O)NCC[NH+]2CCOCC2)nn1-c1c(Cl)cc(Cl)cc1Cl. The first kappa shape index (κ1) is 19.5. The highest BCUT2D eigenvalue weighted by Crippen LogP contribution is 2.32. The molecule has 26 heavy (non-hydrogen) atoms. The second-order valence-corrected chi connectivity index (χ2v) is 7.42. The van der Waals surface area contributed by atoms with Gasteiger partial charge in [0.05, 0.1) is 36.3 Å². The van der Waals surface area contributed by atoms with Crippen molar-refractivity contribution in [1.82, 2.24) is 15.1 Å². The van der Waals surface area contributed by atoms with Gasteiger partial charge in [-0.1, -0.05) is 34.8 Å². The molecule has 0 bridgehead atoms. The van der Waals surface area contributed by atoms with Crippen LogP contribution in [0, 0.1) is 6.92 Å². The zero-order valence-corrected chi connectivity index (χ0v) is 16.6. The molecule has 2 aromatic rings. The highest BCUT2D eigenvalue weighted by atomic mass is 35.5. The first-order valence-corrected chi connectivity index (χ1v) is 9.50. The molecule has 1 aromatic heterocycles. The Kier molecular flexibility index (Phi) is 6.42. The summed E-state index contributed by atoms with van der Waals surface area (Å²) in [5.74, 6) is -0.222. The van der Waals surface area contributed by atoms with Crippen LogP contribution in [0.25, 0.3) is 5.69 Å². The molecule has 2 N–H and O–H groups in total. The summed E-state index contributed by atoms with van der Waals surface area (Å²) in [7, 11) is 0. The number of nitrogens with zero attached hydrogens (tertiary/aromatic N) is 2. The molecule has 1 aliphatic heterocycles. The molecule has 0 aliphatic carbocycles. The van der Waals surface area contributed by atoms with Gasteiger partial charge in [0.2, 0.25) is 0 Å². The summed E-state index contributed by atoms with van der Waals surface area (Å²) in [5, 5.41) is 8.46. The van der Waals surface area contributed by atoms with E-state index < -0.39 is 0 Å². The fourth-order valence-corrected chi connectivity index (χ4v) is 3.88. The molecule has 6 nitrogen and oxygen atoms in total. The lowest BCUT2D eigenvalue weighted by Gasteiger charge is -2.23. The van der Waals surface area contributed by atoms with E-state index in [0.29, 0.717) is 33.0 Å². The van der Waals surface area contributed by atoms with Crippen molar-refractivity contribution in [1.29, 1.82) is 0 Å². The van der Waals surface area contributed by atoms with Gasteiger partial charge in [-0.2, -0.15) is 5.10 Å². The lowest BCUT2D eigenvalue weighted by molar-refractivity contribution is -0.906. The summed E-state index contributed by atoms with van der Waals surface area (Å²) in [5.41, 5.74) is 1.58. The highest BCUT2D eigenvalue weighted by Gasteiger charge is 2.18. The van der Waals surface area contributed by atoms with Crippen LogP contribution < -0.4 is 10.2 Å². The lowest BCUT2D eigenvalue weighted by Crippen LogP contribution is -3.14. The number of carbonyl (C=O) groups excluding carboxylic acids is 1. The summed E-state index contributed by atoms with van der Waals surface area (Å²) in [6, 6.07) is 4.89. The van der Waals surface area contributed by atoms with Crippen LogP contribution in [-0.2, 0) is 4.74 Å². The van der Waals surface area contributed by atoms with Gasteiger partial charge in [0.1, 0.15) is 18.8 Å². The minimum absolute atomic E-state index is 0.222. The summed E-state index contributed by atoms with van der Waals surface area (Å²) >= 11 is 18.5. The largest absolute Gasteiger partial charge is 0.370 e. The van der Waals surface area contributed by atoms with Gasteiger partial charge >= 0.3 is 0 Å². The van der Waals surface area contributed by atoms with Crippen LogP contribution >= 0.6 is 34.8 Å². The van der Waals surface area contributed by atoms with E-state index in [2.05, 4.69) is 10.4 Å².